The molecule has 0 radical (unpaired) electrons. The maximum atomic E-state index is 12.6. The SMILES string of the molecule is CC(C)n1c([C@@H]2CCN(C(=O)COc3ccccc3)C2)nc2ccncc21. The van der Waals surface area contributed by atoms with Crippen LogP contribution in [0.5, 0.6) is 5.75 Å². The van der Waals surface area contributed by atoms with E-state index in [1.165, 1.54) is 0 Å². The lowest BCUT2D eigenvalue weighted by atomic mass is 10.1. The van der Waals surface area contributed by atoms with Crippen molar-refractivity contribution in [2.75, 3.05) is 19.7 Å². The molecule has 27 heavy (non-hydrogen) atoms. The largest absolute Gasteiger partial charge is 0.484 e. The molecule has 4 rings (SSSR count). The molecule has 2 aromatic heterocycles. The zero-order chi connectivity index (χ0) is 18.8. The molecular formula is C21H24N4O2. The van der Waals surface area contributed by atoms with Crippen LogP contribution in [0.2, 0.25) is 0 Å². The summed E-state index contributed by atoms with van der Waals surface area (Å²) in [5, 5.41) is 0. The van der Waals surface area contributed by atoms with E-state index < -0.39 is 0 Å². The molecule has 0 saturated carbocycles. The summed E-state index contributed by atoms with van der Waals surface area (Å²) in [6, 6.07) is 11.7. The average Bonchev–Trinajstić information content (AvgIpc) is 3.31. The van der Waals surface area contributed by atoms with Crippen molar-refractivity contribution in [2.24, 2.45) is 0 Å². The minimum absolute atomic E-state index is 0.0234. The van der Waals surface area contributed by atoms with Crippen LogP contribution < -0.4 is 4.74 Å². The first-order chi connectivity index (χ1) is 13.1. The summed E-state index contributed by atoms with van der Waals surface area (Å²) in [5.41, 5.74) is 2.02. The standard InChI is InChI=1S/C21H24N4O2/c1-15(2)25-19-12-22-10-8-18(19)23-21(25)16-9-11-24(13-16)20(26)14-27-17-6-4-3-5-7-17/h3-8,10,12,15-16H,9,11,13-14H2,1-2H3/t16-/m1/s1. The van der Waals surface area contributed by atoms with Gasteiger partial charge in [-0.3, -0.25) is 9.78 Å². The van der Waals surface area contributed by atoms with Gasteiger partial charge in [-0.1, -0.05) is 18.2 Å². The molecule has 1 aliphatic rings. The highest BCUT2D eigenvalue weighted by atomic mass is 16.5. The molecule has 1 amide bonds. The number of rotatable bonds is 5. The van der Waals surface area contributed by atoms with Crippen LogP contribution in [0.25, 0.3) is 11.0 Å². The quantitative estimate of drug-likeness (QED) is 0.696. The smallest absolute Gasteiger partial charge is 0.260 e. The van der Waals surface area contributed by atoms with Crippen LogP contribution in [0.1, 0.15) is 38.1 Å². The normalized spacial score (nSPS) is 17.0. The Morgan fingerprint density at radius 2 is 2.07 bits per heavy atom. The van der Waals surface area contributed by atoms with Gasteiger partial charge in [-0.05, 0) is 38.5 Å². The number of likely N-dealkylation sites (tertiary alicyclic amines) is 1. The molecule has 1 aromatic carbocycles. The average molecular weight is 364 g/mol. The molecule has 0 aliphatic carbocycles. The number of benzene rings is 1. The highest BCUT2D eigenvalue weighted by molar-refractivity contribution is 5.78. The van der Waals surface area contributed by atoms with Crippen LogP contribution in [0, 0.1) is 0 Å². The minimum atomic E-state index is 0.0234. The summed E-state index contributed by atoms with van der Waals surface area (Å²) in [6.07, 6.45) is 4.56. The number of para-hydroxylation sites is 1. The molecule has 1 aliphatic heterocycles. The Labute approximate surface area is 158 Å². The van der Waals surface area contributed by atoms with Gasteiger partial charge >= 0.3 is 0 Å². The molecule has 140 valence electrons. The lowest BCUT2D eigenvalue weighted by Gasteiger charge is -2.19. The monoisotopic (exact) mass is 364 g/mol. The van der Waals surface area contributed by atoms with E-state index >= 15 is 0 Å². The van der Waals surface area contributed by atoms with E-state index in [-0.39, 0.29) is 18.4 Å². The van der Waals surface area contributed by atoms with Crippen molar-refractivity contribution in [1.29, 1.82) is 0 Å². The molecule has 6 nitrogen and oxygen atoms in total. The predicted molar refractivity (Wildman–Crippen MR) is 104 cm³/mol. The number of imidazole rings is 1. The van der Waals surface area contributed by atoms with Crippen molar-refractivity contribution < 1.29 is 9.53 Å². The van der Waals surface area contributed by atoms with Gasteiger partial charge in [0.15, 0.2) is 6.61 Å². The van der Waals surface area contributed by atoms with Crippen LogP contribution >= 0.6 is 0 Å². The van der Waals surface area contributed by atoms with Crippen molar-refractivity contribution >= 4 is 16.9 Å². The van der Waals surface area contributed by atoms with Gasteiger partial charge in [-0.2, -0.15) is 0 Å². The van der Waals surface area contributed by atoms with Crippen LogP contribution in [0.15, 0.2) is 48.8 Å². The topological polar surface area (TPSA) is 60.2 Å². The third-order valence-electron chi connectivity index (χ3n) is 5.05. The first-order valence-electron chi connectivity index (χ1n) is 9.41. The third kappa shape index (κ3) is 3.52. The maximum Gasteiger partial charge on any atom is 0.260 e. The van der Waals surface area contributed by atoms with E-state index in [1.807, 2.05) is 47.5 Å². The number of amides is 1. The van der Waals surface area contributed by atoms with Crippen molar-refractivity contribution in [2.45, 2.75) is 32.2 Å². The molecule has 6 heteroatoms. The van der Waals surface area contributed by atoms with Crippen molar-refractivity contribution in [3.05, 3.63) is 54.6 Å². The van der Waals surface area contributed by atoms with Gasteiger partial charge < -0.3 is 14.2 Å². The summed E-state index contributed by atoms with van der Waals surface area (Å²) < 4.78 is 7.86. The van der Waals surface area contributed by atoms with Gasteiger partial charge in [0.2, 0.25) is 0 Å². The van der Waals surface area contributed by atoms with E-state index in [0.29, 0.717) is 12.6 Å². The molecule has 0 N–H and O–H groups in total. The predicted octanol–water partition coefficient (Wildman–Crippen LogP) is 3.41. The number of pyridine rings is 1. The van der Waals surface area contributed by atoms with E-state index in [1.54, 1.807) is 6.20 Å². The number of nitrogens with zero attached hydrogens (tertiary/aromatic N) is 4. The second-order valence-corrected chi connectivity index (χ2v) is 7.23. The number of carbonyl (C=O) groups excluding carboxylic acids is 1. The highest BCUT2D eigenvalue weighted by Gasteiger charge is 2.31. The van der Waals surface area contributed by atoms with E-state index in [2.05, 4.69) is 23.4 Å². The van der Waals surface area contributed by atoms with Crippen LogP contribution in [0.3, 0.4) is 0 Å². The van der Waals surface area contributed by atoms with E-state index in [9.17, 15) is 4.79 Å². The van der Waals surface area contributed by atoms with Gasteiger partial charge in [-0.15, -0.1) is 0 Å². The summed E-state index contributed by atoms with van der Waals surface area (Å²) in [4.78, 5) is 23.5. The lowest BCUT2D eigenvalue weighted by Crippen LogP contribution is -2.33. The molecular weight excluding hydrogens is 340 g/mol. The number of aromatic nitrogens is 3. The van der Waals surface area contributed by atoms with Gasteiger partial charge in [0.1, 0.15) is 11.6 Å². The Bertz CT molecular complexity index is 936. The molecule has 1 atom stereocenters. The molecule has 3 heterocycles. The van der Waals surface area contributed by atoms with Gasteiger partial charge in [0.05, 0.1) is 17.2 Å². The molecule has 0 bridgehead atoms. The Balaban J connectivity index is 1.47. The van der Waals surface area contributed by atoms with Gasteiger partial charge in [-0.25, -0.2) is 4.98 Å². The summed E-state index contributed by atoms with van der Waals surface area (Å²) in [5.74, 6) is 2.03. The van der Waals surface area contributed by atoms with E-state index in [0.717, 1.165) is 35.6 Å². The number of hydrogen-bond acceptors (Lipinski definition) is 4. The minimum Gasteiger partial charge on any atom is -0.484 e. The summed E-state index contributed by atoms with van der Waals surface area (Å²) in [7, 11) is 0. The summed E-state index contributed by atoms with van der Waals surface area (Å²) >= 11 is 0. The first kappa shape index (κ1) is 17.5. The molecule has 0 unspecified atom stereocenters. The fourth-order valence-electron chi connectivity index (χ4n) is 3.74. The molecule has 3 aromatic rings. The lowest BCUT2D eigenvalue weighted by molar-refractivity contribution is -0.132. The van der Waals surface area contributed by atoms with Crippen molar-refractivity contribution in [3.8, 4) is 5.75 Å². The third-order valence-corrected chi connectivity index (χ3v) is 5.05. The maximum absolute atomic E-state index is 12.6. The second kappa shape index (κ2) is 7.39. The van der Waals surface area contributed by atoms with Crippen LogP contribution in [0.4, 0.5) is 0 Å². The van der Waals surface area contributed by atoms with Crippen molar-refractivity contribution in [1.82, 2.24) is 19.4 Å². The Morgan fingerprint density at radius 1 is 1.26 bits per heavy atom. The zero-order valence-corrected chi connectivity index (χ0v) is 15.7. The van der Waals surface area contributed by atoms with Crippen LogP contribution in [-0.2, 0) is 4.79 Å². The highest BCUT2D eigenvalue weighted by Crippen LogP contribution is 2.31. The Morgan fingerprint density at radius 3 is 2.85 bits per heavy atom. The Kier molecular flexibility index (Phi) is 4.79. The molecule has 0 spiro atoms. The fraction of sp³-hybridized carbons (Fsp3) is 0.381. The first-order valence-corrected chi connectivity index (χ1v) is 9.41. The number of ether oxygens (including phenoxy) is 1. The number of carbonyl (C=O) groups is 1. The zero-order valence-electron chi connectivity index (χ0n) is 15.7. The molecule has 1 saturated heterocycles. The summed E-state index contributed by atoms with van der Waals surface area (Å²) in [6.45, 7) is 5.80. The second-order valence-electron chi connectivity index (χ2n) is 7.23. The molecule has 1 fully saturated rings. The van der Waals surface area contributed by atoms with Crippen molar-refractivity contribution in [3.63, 3.8) is 0 Å². The van der Waals surface area contributed by atoms with Gasteiger partial charge in [0, 0.05) is 31.2 Å². The van der Waals surface area contributed by atoms with E-state index in [4.69, 9.17) is 9.72 Å². The fourth-order valence-corrected chi connectivity index (χ4v) is 3.74. The Hall–Kier alpha value is -2.89. The van der Waals surface area contributed by atoms with Gasteiger partial charge in [0.25, 0.3) is 5.91 Å². The number of fused-ring (bicyclic) bond motifs is 1. The van der Waals surface area contributed by atoms with Crippen LogP contribution in [-0.4, -0.2) is 45.0 Å². The number of hydrogen-bond donors (Lipinski definition) is 0.